The summed E-state index contributed by atoms with van der Waals surface area (Å²) in [7, 11) is 1.54. The molecule has 2 aliphatic heterocycles. The average molecular weight is 562 g/mol. The largest absolute Gasteiger partial charge is 0.872 e. The zero-order valence-corrected chi connectivity index (χ0v) is 23.6. The normalized spacial score (nSPS) is 17.8. The van der Waals surface area contributed by atoms with Crippen molar-refractivity contribution in [2.75, 3.05) is 33.5 Å². The average Bonchev–Trinajstić information content (AvgIpc) is 3.59. The number of ether oxygens (including phenoxy) is 4. The smallest absolute Gasteiger partial charge is 0.295 e. The lowest BCUT2D eigenvalue weighted by atomic mass is 9.94. The van der Waals surface area contributed by atoms with Crippen LogP contribution in [0.2, 0.25) is 0 Å². The first-order valence-electron chi connectivity index (χ1n) is 13.9. The van der Waals surface area contributed by atoms with Crippen molar-refractivity contribution in [3.63, 3.8) is 0 Å². The number of fused-ring (bicyclic) bond motifs is 1. The van der Waals surface area contributed by atoms with Crippen LogP contribution in [0.5, 0.6) is 23.0 Å². The Morgan fingerprint density at radius 2 is 1.93 bits per heavy atom. The third-order valence-electron chi connectivity index (χ3n) is 7.21. The summed E-state index contributed by atoms with van der Waals surface area (Å²) in [5.41, 5.74) is 0.740. The minimum absolute atomic E-state index is 0.100. The molecule has 0 radical (unpaired) electrons. The molecule has 10 nitrogen and oxygen atoms in total. The molecule has 10 heteroatoms. The van der Waals surface area contributed by atoms with Crippen LogP contribution in [0, 0.1) is 5.92 Å². The number of aryl methyl sites for hydroxylation is 1. The summed E-state index contributed by atoms with van der Waals surface area (Å²) in [4.78, 5) is 31.3. The summed E-state index contributed by atoms with van der Waals surface area (Å²) in [5, 5.41) is 13.9. The molecule has 0 bridgehead atoms. The number of benzene rings is 2. The van der Waals surface area contributed by atoms with Crippen LogP contribution >= 0.6 is 0 Å². The van der Waals surface area contributed by atoms with Gasteiger partial charge in [0.15, 0.2) is 23.0 Å². The van der Waals surface area contributed by atoms with Crippen molar-refractivity contribution in [1.82, 2.24) is 9.88 Å². The zero-order valence-electron chi connectivity index (χ0n) is 23.6. The Labute approximate surface area is 239 Å². The van der Waals surface area contributed by atoms with E-state index < -0.39 is 23.5 Å². The summed E-state index contributed by atoms with van der Waals surface area (Å²) in [6.07, 6.45) is 6.98. The first kappa shape index (κ1) is 28.1. The highest BCUT2D eigenvalue weighted by Gasteiger charge is 2.44. The molecule has 2 aromatic carbocycles. The molecular weight excluding hydrogens is 526 g/mol. The van der Waals surface area contributed by atoms with Gasteiger partial charge < -0.3 is 29.0 Å². The van der Waals surface area contributed by atoms with Crippen molar-refractivity contribution in [2.45, 2.75) is 39.3 Å². The molecule has 1 aromatic heterocycles. The number of ketones is 1. The van der Waals surface area contributed by atoms with Gasteiger partial charge in [0.25, 0.3) is 5.91 Å². The molecule has 1 fully saturated rings. The Morgan fingerprint density at radius 1 is 1.12 bits per heavy atom. The highest BCUT2D eigenvalue weighted by atomic mass is 16.6. The van der Waals surface area contributed by atoms with E-state index in [1.807, 2.05) is 23.3 Å². The molecule has 41 heavy (non-hydrogen) atoms. The number of likely N-dealkylation sites (tertiary alicyclic amines) is 1. The summed E-state index contributed by atoms with van der Waals surface area (Å²) in [5.74, 6) is 0.439. The van der Waals surface area contributed by atoms with E-state index in [-0.39, 0.29) is 17.7 Å². The van der Waals surface area contributed by atoms with Crippen LogP contribution in [0.25, 0.3) is 5.76 Å². The molecule has 1 atom stereocenters. The number of hydrogen-bond donors (Lipinski definition) is 1. The molecule has 0 saturated carbocycles. The summed E-state index contributed by atoms with van der Waals surface area (Å²) in [6, 6.07) is 9.22. The maximum atomic E-state index is 13.9. The number of rotatable bonds is 11. The summed E-state index contributed by atoms with van der Waals surface area (Å²) < 4.78 is 24.8. The van der Waals surface area contributed by atoms with E-state index in [2.05, 4.69) is 18.8 Å². The Hall–Kier alpha value is -4.47. The van der Waals surface area contributed by atoms with E-state index in [0.717, 1.165) is 6.42 Å². The Morgan fingerprint density at radius 3 is 2.66 bits per heavy atom. The highest BCUT2D eigenvalue weighted by Crippen LogP contribution is 2.42. The molecule has 2 aliphatic rings. The van der Waals surface area contributed by atoms with Gasteiger partial charge in [-0.15, -0.1) is 0 Å². The van der Waals surface area contributed by atoms with Crippen molar-refractivity contribution in [2.24, 2.45) is 5.92 Å². The number of nitrogens with zero attached hydrogens (tertiary/aromatic N) is 2. The number of H-pyrrole nitrogens is 1. The van der Waals surface area contributed by atoms with Crippen molar-refractivity contribution in [1.29, 1.82) is 0 Å². The molecule has 1 N–H and O–H groups in total. The Kier molecular flexibility index (Phi) is 8.47. The van der Waals surface area contributed by atoms with Crippen molar-refractivity contribution >= 4 is 17.4 Å². The van der Waals surface area contributed by atoms with Crippen molar-refractivity contribution in [3.8, 4) is 23.0 Å². The minimum atomic E-state index is -0.884. The molecule has 1 saturated heterocycles. The quantitative estimate of drug-likeness (QED) is 0.166. The van der Waals surface area contributed by atoms with E-state index >= 15 is 0 Å². The fourth-order valence-corrected chi connectivity index (χ4v) is 5.05. The van der Waals surface area contributed by atoms with Crippen LogP contribution in [-0.2, 0) is 16.1 Å². The first-order chi connectivity index (χ1) is 19.9. The number of aromatic amines is 1. The zero-order chi connectivity index (χ0) is 28.9. The van der Waals surface area contributed by atoms with Gasteiger partial charge in [-0.05, 0) is 47.7 Å². The van der Waals surface area contributed by atoms with Crippen molar-refractivity contribution in [3.05, 3.63) is 71.8 Å². The lowest BCUT2D eigenvalue weighted by molar-refractivity contribution is -0.695. The highest BCUT2D eigenvalue weighted by molar-refractivity contribution is 6.46. The molecular formula is C31H35N3O7. The lowest BCUT2D eigenvalue weighted by Gasteiger charge is -2.28. The van der Waals surface area contributed by atoms with Gasteiger partial charge in [-0.25, -0.2) is 4.57 Å². The standard InChI is InChI=1S/C31H35N3O7/c1-20(2)9-14-39-23-7-5-21(17-25(23)38-3)28-27(29(35)22-6-8-24-26(18-22)41-16-15-40-24)30(36)31(37)34(28)12-4-11-33-13-10-32-19-33/h5-8,10,13,17-20,28H,4,9,11-12,14-16H2,1-3H3,(H,35,36). The van der Waals surface area contributed by atoms with E-state index in [0.29, 0.717) is 67.3 Å². The number of hydrogen-bond acceptors (Lipinski definition) is 7. The Balaban J connectivity index is 1.52. The maximum absolute atomic E-state index is 13.9. The van der Waals surface area contributed by atoms with Gasteiger partial charge in [0.05, 0.1) is 26.3 Å². The number of methoxy groups -OCH3 is 1. The molecule has 0 aliphatic carbocycles. The second-order valence-electron chi connectivity index (χ2n) is 10.5. The fraction of sp³-hybridized carbons (Fsp3) is 0.387. The van der Waals surface area contributed by atoms with E-state index in [1.54, 1.807) is 36.4 Å². The summed E-state index contributed by atoms with van der Waals surface area (Å²) >= 11 is 0. The van der Waals surface area contributed by atoms with E-state index in [9.17, 15) is 14.7 Å². The second-order valence-corrected chi connectivity index (χ2v) is 10.5. The van der Waals surface area contributed by atoms with E-state index in [4.69, 9.17) is 18.9 Å². The van der Waals surface area contributed by atoms with Gasteiger partial charge >= 0.3 is 0 Å². The monoisotopic (exact) mass is 561 g/mol. The lowest BCUT2D eigenvalue weighted by Crippen LogP contribution is -2.36. The first-order valence-corrected chi connectivity index (χ1v) is 13.9. The van der Waals surface area contributed by atoms with Crippen LogP contribution in [0.1, 0.15) is 43.9 Å². The predicted molar refractivity (Wildman–Crippen MR) is 147 cm³/mol. The molecule has 1 unspecified atom stereocenters. The number of imidazole rings is 1. The third kappa shape index (κ3) is 6.01. The molecule has 5 rings (SSSR count). The van der Waals surface area contributed by atoms with E-state index in [1.165, 1.54) is 12.0 Å². The molecule has 1 amide bonds. The Bertz CT molecular complexity index is 1430. The minimum Gasteiger partial charge on any atom is -0.872 e. The number of nitrogens with one attached hydrogen (secondary N) is 1. The number of amides is 1. The van der Waals surface area contributed by atoms with Gasteiger partial charge in [0.1, 0.15) is 25.6 Å². The van der Waals surface area contributed by atoms with Gasteiger partial charge in [-0.3, -0.25) is 14.6 Å². The second kappa shape index (κ2) is 12.4. The van der Waals surface area contributed by atoms with Crippen LogP contribution in [0.4, 0.5) is 0 Å². The fourth-order valence-electron chi connectivity index (χ4n) is 5.05. The number of carbonyl (C=O) groups excluding carboxylic acids is 2. The molecule has 0 spiro atoms. The number of carbonyl (C=O) groups is 2. The predicted octanol–water partition coefficient (Wildman–Crippen LogP) is 2.82. The molecule has 3 aromatic rings. The van der Waals surface area contributed by atoms with Crippen molar-refractivity contribution < 1.29 is 38.2 Å². The van der Waals surface area contributed by atoms with Gasteiger partial charge in [0.2, 0.25) is 12.1 Å². The summed E-state index contributed by atoms with van der Waals surface area (Å²) in [6.45, 7) is 6.46. The topological polar surface area (TPSA) is 117 Å². The van der Waals surface area contributed by atoms with Crippen LogP contribution in [-0.4, -0.2) is 55.0 Å². The molecule has 3 heterocycles. The maximum Gasteiger partial charge on any atom is 0.295 e. The van der Waals surface area contributed by atoms with Gasteiger partial charge in [0, 0.05) is 18.5 Å². The van der Waals surface area contributed by atoms with Gasteiger partial charge in [-0.1, -0.05) is 31.7 Å². The SMILES string of the molecule is COc1cc(C2/C(=C(\[O-])c3ccc4c(c3)OCCO4)C(=O)C(=O)N2CCC[n+]2cc[nH]c2)ccc1OCCC(C)C. The van der Waals surface area contributed by atoms with Crippen LogP contribution in [0.3, 0.4) is 0 Å². The van der Waals surface area contributed by atoms with Gasteiger partial charge in [-0.2, -0.15) is 0 Å². The number of Topliss-reactive ketones (excluding diaryl/α,β-unsaturated/α-hetero) is 1. The van der Waals surface area contributed by atoms with Crippen LogP contribution < -0.4 is 28.6 Å². The number of aromatic nitrogens is 2. The van der Waals surface area contributed by atoms with Crippen LogP contribution in [0.15, 0.2) is 60.7 Å². The third-order valence-corrected chi connectivity index (χ3v) is 7.21. The molecule has 216 valence electrons.